The van der Waals surface area contributed by atoms with Crippen LogP contribution in [0.2, 0.25) is 0 Å². The Morgan fingerprint density at radius 1 is 1.26 bits per heavy atom. The van der Waals surface area contributed by atoms with E-state index in [4.69, 9.17) is 9.84 Å². The molecule has 0 saturated heterocycles. The van der Waals surface area contributed by atoms with Crippen LogP contribution in [0.5, 0.6) is 5.75 Å². The third-order valence-corrected chi connectivity index (χ3v) is 3.46. The van der Waals surface area contributed by atoms with Crippen molar-refractivity contribution in [1.82, 2.24) is 0 Å². The average Bonchev–Trinajstić information content (AvgIpc) is 2.43. The van der Waals surface area contributed by atoms with Gasteiger partial charge in [0.25, 0.3) is 0 Å². The molecule has 1 rings (SSSR count). The second-order valence-corrected chi connectivity index (χ2v) is 5.04. The number of likely N-dealkylation sites (N-methyl/N-ethyl adjacent to an activating group) is 1. The minimum absolute atomic E-state index is 0.0279. The number of hydrogen-bond donors (Lipinski definition) is 2. The Kier molecular flexibility index (Phi) is 6.12. The van der Waals surface area contributed by atoms with Crippen LogP contribution in [0, 0.1) is 0 Å². The first-order valence-corrected chi connectivity index (χ1v) is 6.67. The summed E-state index contributed by atoms with van der Waals surface area (Å²) in [4.78, 5) is 2.00. The number of aliphatic hydroxyl groups is 2. The third-order valence-electron chi connectivity index (χ3n) is 3.46. The van der Waals surface area contributed by atoms with Crippen molar-refractivity contribution < 1.29 is 14.9 Å². The second kappa shape index (κ2) is 7.36. The van der Waals surface area contributed by atoms with Gasteiger partial charge in [-0.2, -0.15) is 0 Å². The minimum atomic E-state index is -0.0709. The van der Waals surface area contributed by atoms with Crippen LogP contribution in [0.4, 0.5) is 5.69 Å². The lowest BCUT2D eigenvalue weighted by atomic mass is 10.0. The molecule has 1 atom stereocenters. The zero-order valence-electron chi connectivity index (χ0n) is 12.3. The van der Waals surface area contributed by atoms with Crippen LogP contribution in [0.25, 0.3) is 0 Å². The largest absolute Gasteiger partial charge is 0.496 e. The monoisotopic (exact) mass is 267 g/mol. The van der Waals surface area contributed by atoms with E-state index in [1.807, 2.05) is 24.1 Å². The molecule has 1 unspecified atom stereocenters. The maximum atomic E-state index is 9.39. The minimum Gasteiger partial charge on any atom is -0.496 e. The quantitative estimate of drug-likeness (QED) is 0.793. The van der Waals surface area contributed by atoms with Gasteiger partial charge in [0.05, 0.1) is 19.8 Å². The van der Waals surface area contributed by atoms with Crippen LogP contribution in [-0.2, 0) is 0 Å². The van der Waals surface area contributed by atoms with Crippen molar-refractivity contribution in [1.29, 1.82) is 0 Å². The highest BCUT2D eigenvalue weighted by atomic mass is 16.5. The van der Waals surface area contributed by atoms with Gasteiger partial charge in [-0.25, -0.2) is 0 Å². The molecule has 0 amide bonds. The molecule has 0 aliphatic heterocycles. The molecule has 1 aromatic carbocycles. The van der Waals surface area contributed by atoms with Gasteiger partial charge in [-0.3, -0.25) is 0 Å². The zero-order chi connectivity index (χ0) is 14.4. The summed E-state index contributed by atoms with van der Waals surface area (Å²) in [5.74, 6) is 1.25. The molecule has 0 spiro atoms. The van der Waals surface area contributed by atoms with E-state index in [1.54, 1.807) is 7.11 Å². The number of ether oxygens (including phenoxy) is 1. The molecule has 0 bridgehead atoms. The number of anilines is 1. The van der Waals surface area contributed by atoms with E-state index in [9.17, 15) is 5.11 Å². The lowest BCUT2D eigenvalue weighted by Crippen LogP contribution is -2.35. The van der Waals surface area contributed by atoms with E-state index < -0.39 is 0 Å². The first-order valence-electron chi connectivity index (χ1n) is 6.67. The topological polar surface area (TPSA) is 52.9 Å². The lowest BCUT2D eigenvalue weighted by molar-refractivity contribution is 0.218. The summed E-state index contributed by atoms with van der Waals surface area (Å²) in [6.45, 7) is 4.35. The van der Waals surface area contributed by atoms with Gasteiger partial charge in [-0.15, -0.1) is 0 Å². The van der Waals surface area contributed by atoms with Gasteiger partial charge in [0.15, 0.2) is 0 Å². The first kappa shape index (κ1) is 15.8. The molecule has 0 saturated carbocycles. The SMILES string of the molecule is COc1ccc(N(C)C(CO)CCO)cc1C(C)C. The van der Waals surface area contributed by atoms with Gasteiger partial charge in [0.1, 0.15) is 5.75 Å². The third kappa shape index (κ3) is 3.85. The van der Waals surface area contributed by atoms with E-state index in [-0.39, 0.29) is 19.3 Å². The van der Waals surface area contributed by atoms with Gasteiger partial charge in [-0.1, -0.05) is 13.8 Å². The smallest absolute Gasteiger partial charge is 0.122 e. The number of aliphatic hydroxyl groups excluding tert-OH is 2. The lowest BCUT2D eigenvalue weighted by Gasteiger charge is -2.29. The van der Waals surface area contributed by atoms with E-state index in [1.165, 1.54) is 0 Å². The summed E-state index contributed by atoms with van der Waals surface area (Å²) in [7, 11) is 3.61. The van der Waals surface area contributed by atoms with Crippen molar-refractivity contribution in [2.75, 3.05) is 32.3 Å². The molecule has 0 fully saturated rings. The summed E-state index contributed by atoms with van der Waals surface area (Å²) < 4.78 is 5.37. The average molecular weight is 267 g/mol. The van der Waals surface area contributed by atoms with Crippen LogP contribution in [-0.4, -0.2) is 43.6 Å². The molecule has 4 nitrogen and oxygen atoms in total. The van der Waals surface area contributed by atoms with Crippen molar-refractivity contribution in [3.63, 3.8) is 0 Å². The molecule has 2 N–H and O–H groups in total. The van der Waals surface area contributed by atoms with Crippen LogP contribution in [0.1, 0.15) is 31.7 Å². The Hall–Kier alpha value is -1.26. The van der Waals surface area contributed by atoms with E-state index in [0.717, 1.165) is 17.0 Å². The fraction of sp³-hybridized carbons (Fsp3) is 0.600. The number of benzene rings is 1. The summed E-state index contributed by atoms with van der Waals surface area (Å²) in [5, 5.41) is 18.4. The maximum absolute atomic E-state index is 9.39. The Morgan fingerprint density at radius 3 is 2.42 bits per heavy atom. The Balaban J connectivity index is 3.03. The van der Waals surface area contributed by atoms with Gasteiger partial charge >= 0.3 is 0 Å². The van der Waals surface area contributed by atoms with Crippen LogP contribution in [0.15, 0.2) is 18.2 Å². The van der Waals surface area contributed by atoms with Crippen molar-refractivity contribution >= 4 is 5.69 Å². The molecule has 0 aliphatic rings. The molecule has 0 radical (unpaired) electrons. The van der Waals surface area contributed by atoms with Crippen LogP contribution >= 0.6 is 0 Å². The van der Waals surface area contributed by atoms with Crippen LogP contribution < -0.4 is 9.64 Å². The number of rotatable bonds is 7. The molecular weight excluding hydrogens is 242 g/mol. The number of hydrogen-bond acceptors (Lipinski definition) is 4. The molecule has 1 aromatic rings. The summed E-state index contributed by atoms with van der Waals surface area (Å²) in [5.41, 5.74) is 2.17. The van der Waals surface area contributed by atoms with Crippen molar-refractivity contribution in [2.45, 2.75) is 32.2 Å². The molecule has 0 aliphatic carbocycles. The van der Waals surface area contributed by atoms with E-state index >= 15 is 0 Å². The van der Waals surface area contributed by atoms with E-state index in [2.05, 4.69) is 19.9 Å². The number of nitrogens with zero attached hydrogens (tertiary/aromatic N) is 1. The molecule has 108 valence electrons. The standard InChI is InChI=1S/C15H25NO3/c1-11(2)14-9-12(5-6-15(14)19-4)16(3)13(10-18)7-8-17/h5-6,9,11,13,17-18H,7-8,10H2,1-4H3. The van der Waals surface area contributed by atoms with Gasteiger partial charge in [0.2, 0.25) is 0 Å². The molecule has 19 heavy (non-hydrogen) atoms. The highest BCUT2D eigenvalue weighted by Gasteiger charge is 2.16. The highest BCUT2D eigenvalue weighted by Crippen LogP contribution is 2.31. The summed E-state index contributed by atoms with van der Waals surface area (Å²) in [6.07, 6.45) is 0.552. The predicted molar refractivity (Wildman–Crippen MR) is 78.1 cm³/mol. The second-order valence-electron chi connectivity index (χ2n) is 5.04. The van der Waals surface area contributed by atoms with E-state index in [0.29, 0.717) is 12.3 Å². The molecule has 0 heterocycles. The number of methoxy groups -OCH3 is 1. The summed E-state index contributed by atoms with van der Waals surface area (Å²) >= 11 is 0. The fourth-order valence-electron chi connectivity index (χ4n) is 2.16. The Labute approximate surface area is 115 Å². The van der Waals surface area contributed by atoms with Gasteiger partial charge in [0, 0.05) is 19.3 Å². The molecular formula is C15H25NO3. The molecule has 4 heteroatoms. The maximum Gasteiger partial charge on any atom is 0.122 e. The van der Waals surface area contributed by atoms with Crippen molar-refractivity contribution in [3.05, 3.63) is 23.8 Å². The zero-order valence-corrected chi connectivity index (χ0v) is 12.3. The summed E-state index contributed by atoms with van der Waals surface area (Å²) in [6, 6.07) is 5.95. The van der Waals surface area contributed by atoms with Crippen LogP contribution in [0.3, 0.4) is 0 Å². The van der Waals surface area contributed by atoms with Gasteiger partial charge < -0.3 is 19.8 Å². The Bertz CT molecular complexity index is 393. The normalized spacial score (nSPS) is 12.6. The van der Waals surface area contributed by atoms with Gasteiger partial charge in [-0.05, 0) is 36.1 Å². The Morgan fingerprint density at radius 2 is 1.95 bits per heavy atom. The fourth-order valence-corrected chi connectivity index (χ4v) is 2.16. The first-order chi connectivity index (χ1) is 9.04. The predicted octanol–water partition coefficient (Wildman–Crippen LogP) is 2.00. The van der Waals surface area contributed by atoms with Crippen molar-refractivity contribution in [3.8, 4) is 5.75 Å². The highest BCUT2D eigenvalue weighted by molar-refractivity contribution is 5.54. The van der Waals surface area contributed by atoms with Crippen molar-refractivity contribution in [2.24, 2.45) is 0 Å². The molecule has 0 aromatic heterocycles.